The number of nitrogens with one attached hydrogen (secondary N) is 1. The van der Waals surface area contributed by atoms with Gasteiger partial charge < -0.3 is 4.98 Å². The third kappa shape index (κ3) is 3.43. The lowest BCUT2D eigenvalue weighted by Crippen LogP contribution is -2.35. The van der Waals surface area contributed by atoms with Crippen LogP contribution in [0.15, 0.2) is 34.2 Å². The van der Waals surface area contributed by atoms with Gasteiger partial charge in [-0.3, -0.25) is 19.8 Å². The molecule has 1 aromatic carbocycles. The summed E-state index contributed by atoms with van der Waals surface area (Å²) in [6.45, 7) is 1.86. The minimum absolute atomic E-state index is 0.0871. The number of H-pyrrole nitrogens is 1. The van der Waals surface area contributed by atoms with Crippen LogP contribution >= 0.6 is 11.8 Å². The molecule has 2 heterocycles. The maximum atomic E-state index is 12.2. The molecule has 1 aliphatic heterocycles. The minimum atomic E-state index is -0.395. The van der Waals surface area contributed by atoms with Crippen molar-refractivity contribution in [1.82, 2.24) is 14.9 Å². The number of aromatic nitrogens is 2. The Morgan fingerprint density at radius 3 is 3.04 bits per heavy atom. The van der Waals surface area contributed by atoms with Crippen molar-refractivity contribution in [1.29, 1.82) is 0 Å². The van der Waals surface area contributed by atoms with Gasteiger partial charge in [-0.1, -0.05) is 23.9 Å². The number of aromatic amines is 1. The van der Waals surface area contributed by atoms with E-state index in [2.05, 4.69) is 14.9 Å². The van der Waals surface area contributed by atoms with Gasteiger partial charge in [-0.2, -0.15) is 0 Å². The molecule has 0 aliphatic carbocycles. The van der Waals surface area contributed by atoms with E-state index in [0.29, 0.717) is 30.2 Å². The van der Waals surface area contributed by atoms with Gasteiger partial charge in [-0.05, 0) is 11.8 Å². The molecule has 0 saturated heterocycles. The third-order valence-corrected chi connectivity index (χ3v) is 4.43. The van der Waals surface area contributed by atoms with Crippen molar-refractivity contribution in [2.75, 3.05) is 12.8 Å². The first-order valence-corrected chi connectivity index (χ1v) is 8.41. The van der Waals surface area contributed by atoms with Crippen LogP contribution in [0.4, 0.5) is 5.69 Å². The molecule has 8 heteroatoms. The van der Waals surface area contributed by atoms with Crippen molar-refractivity contribution in [3.8, 4) is 0 Å². The summed E-state index contributed by atoms with van der Waals surface area (Å²) in [4.78, 5) is 32.0. The fraction of sp³-hybridized carbons (Fsp3) is 0.333. The largest absolute Gasteiger partial charge is 0.301 e. The van der Waals surface area contributed by atoms with E-state index < -0.39 is 4.92 Å². The van der Waals surface area contributed by atoms with Crippen LogP contribution in [0.3, 0.4) is 0 Å². The van der Waals surface area contributed by atoms with Crippen LogP contribution in [0, 0.1) is 10.1 Å². The summed E-state index contributed by atoms with van der Waals surface area (Å²) in [5, 5.41) is 11.5. The molecule has 1 aliphatic rings. The molecular weight excluding hydrogens is 316 g/mol. The Morgan fingerprint density at radius 1 is 1.48 bits per heavy atom. The van der Waals surface area contributed by atoms with Crippen LogP contribution in [-0.2, 0) is 19.5 Å². The monoisotopic (exact) mass is 332 g/mol. The van der Waals surface area contributed by atoms with E-state index in [1.165, 1.54) is 17.8 Å². The molecule has 0 saturated carbocycles. The van der Waals surface area contributed by atoms with Gasteiger partial charge in [0.25, 0.3) is 11.2 Å². The lowest BCUT2D eigenvalue weighted by atomic mass is 10.1. The maximum absolute atomic E-state index is 12.2. The summed E-state index contributed by atoms with van der Waals surface area (Å²) in [6, 6.07) is 6.61. The van der Waals surface area contributed by atoms with E-state index in [-0.39, 0.29) is 11.2 Å². The predicted molar refractivity (Wildman–Crippen MR) is 87.6 cm³/mol. The number of nitrogens with zero attached hydrogens (tertiary/aromatic N) is 3. The normalized spacial score (nSPS) is 14.5. The van der Waals surface area contributed by atoms with Crippen LogP contribution in [-0.4, -0.2) is 32.6 Å². The summed E-state index contributed by atoms with van der Waals surface area (Å²) < 4.78 is 0. The first-order chi connectivity index (χ1) is 11.1. The lowest BCUT2D eigenvalue weighted by Gasteiger charge is -2.27. The number of hydrogen-bond donors (Lipinski definition) is 1. The van der Waals surface area contributed by atoms with E-state index in [1.807, 2.05) is 12.3 Å². The zero-order chi connectivity index (χ0) is 16.4. The van der Waals surface area contributed by atoms with Gasteiger partial charge in [0.05, 0.1) is 16.2 Å². The molecule has 0 spiro atoms. The van der Waals surface area contributed by atoms with E-state index >= 15 is 0 Å². The molecule has 0 unspecified atom stereocenters. The number of hydrogen-bond acceptors (Lipinski definition) is 6. The van der Waals surface area contributed by atoms with Crippen LogP contribution in [0.1, 0.15) is 16.8 Å². The summed E-state index contributed by atoms with van der Waals surface area (Å²) in [7, 11) is 0. The van der Waals surface area contributed by atoms with Gasteiger partial charge >= 0.3 is 0 Å². The van der Waals surface area contributed by atoms with E-state index in [9.17, 15) is 14.9 Å². The number of thioether (sulfide) groups is 1. The Morgan fingerprint density at radius 2 is 2.30 bits per heavy atom. The molecule has 0 bridgehead atoms. The topological polar surface area (TPSA) is 92.1 Å². The van der Waals surface area contributed by atoms with Crippen molar-refractivity contribution in [3.05, 3.63) is 61.6 Å². The Bertz CT molecular complexity index is 806. The first kappa shape index (κ1) is 15.7. The molecule has 0 fully saturated rings. The van der Waals surface area contributed by atoms with Gasteiger partial charge in [0.2, 0.25) is 0 Å². The Balaban J connectivity index is 1.79. The third-order valence-electron chi connectivity index (χ3n) is 3.85. The first-order valence-electron chi connectivity index (χ1n) is 7.18. The molecule has 0 atom stereocenters. The van der Waals surface area contributed by atoms with Gasteiger partial charge in [0.15, 0.2) is 5.16 Å². The highest BCUT2D eigenvalue weighted by Crippen LogP contribution is 2.20. The number of nitro benzene ring substituents is 1. The van der Waals surface area contributed by atoms with Crippen molar-refractivity contribution in [2.45, 2.75) is 24.7 Å². The summed E-state index contributed by atoms with van der Waals surface area (Å²) in [6.07, 6.45) is 2.59. The van der Waals surface area contributed by atoms with Gasteiger partial charge in [-0.25, -0.2) is 4.98 Å². The average molecular weight is 332 g/mol. The van der Waals surface area contributed by atoms with Crippen LogP contribution in [0.5, 0.6) is 0 Å². The number of rotatable bonds is 4. The number of fused-ring (bicyclic) bond motifs is 1. The second kappa shape index (κ2) is 6.51. The molecule has 7 nitrogen and oxygen atoms in total. The van der Waals surface area contributed by atoms with E-state index in [4.69, 9.17) is 0 Å². The van der Waals surface area contributed by atoms with Crippen molar-refractivity contribution in [2.24, 2.45) is 0 Å². The highest BCUT2D eigenvalue weighted by atomic mass is 32.2. The number of benzene rings is 1. The molecular formula is C15H16N4O3S. The molecule has 3 rings (SSSR count). The fourth-order valence-electron chi connectivity index (χ4n) is 2.72. The number of nitro groups is 1. The maximum Gasteiger partial charge on any atom is 0.269 e. The lowest BCUT2D eigenvalue weighted by molar-refractivity contribution is -0.384. The van der Waals surface area contributed by atoms with Crippen LogP contribution in [0.25, 0.3) is 0 Å². The number of non-ortho nitro benzene ring substituents is 1. The van der Waals surface area contributed by atoms with Gasteiger partial charge in [0.1, 0.15) is 0 Å². The SMILES string of the molecule is CSc1nc2c(c(=O)[nH]1)CN(Cc1cccc([N+](=O)[O-])c1)CC2. The fourth-order valence-corrected chi connectivity index (χ4v) is 3.11. The average Bonchev–Trinajstić information content (AvgIpc) is 2.55. The van der Waals surface area contributed by atoms with Crippen LogP contribution < -0.4 is 5.56 Å². The molecule has 2 aromatic rings. The highest BCUT2D eigenvalue weighted by molar-refractivity contribution is 7.98. The predicted octanol–water partition coefficient (Wildman–Crippen LogP) is 1.96. The molecule has 23 heavy (non-hydrogen) atoms. The second-order valence-electron chi connectivity index (χ2n) is 5.39. The van der Waals surface area contributed by atoms with Crippen molar-refractivity contribution in [3.63, 3.8) is 0 Å². The smallest absolute Gasteiger partial charge is 0.269 e. The molecule has 0 radical (unpaired) electrons. The van der Waals surface area contributed by atoms with Gasteiger partial charge in [-0.15, -0.1) is 0 Å². The summed E-state index contributed by atoms with van der Waals surface area (Å²) in [5.74, 6) is 0. The molecule has 1 aromatic heterocycles. The zero-order valence-electron chi connectivity index (χ0n) is 12.6. The van der Waals surface area contributed by atoms with Crippen molar-refractivity contribution >= 4 is 17.4 Å². The molecule has 0 amide bonds. The van der Waals surface area contributed by atoms with Gasteiger partial charge in [0, 0.05) is 38.2 Å². The second-order valence-corrected chi connectivity index (χ2v) is 6.18. The van der Waals surface area contributed by atoms with Crippen molar-refractivity contribution < 1.29 is 4.92 Å². The Kier molecular flexibility index (Phi) is 4.44. The Hall–Kier alpha value is -2.19. The van der Waals surface area contributed by atoms with E-state index in [1.54, 1.807) is 12.1 Å². The quantitative estimate of drug-likeness (QED) is 0.398. The highest BCUT2D eigenvalue weighted by Gasteiger charge is 2.21. The zero-order valence-corrected chi connectivity index (χ0v) is 13.4. The van der Waals surface area contributed by atoms with E-state index in [0.717, 1.165) is 17.8 Å². The summed E-state index contributed by atoms with van der Waals surface area (Å²) >= 11 is 1.42. The minimum Gasteiger partial charge on any atom is -0.301 e. The summed E-state index contributed by atoms with van der Waals surface area (Å²) in [5.41, 5.74) is 2.41. The standard InChI is InChI=1S/C15H16N4O3S/c1-23-15-16-13-5-6-18(9-12(13)14(20)17-15)8-10-3-2-4-11(7-10)19(21)22/h2-4,7H,5-6,8-9H2,1H3,(H,16,17,20). The molecule has 1 N–H and O–H groups in total. The van der Waals surface area contributed by atoms with Crippen LogP contribution in [0.2, 0.25) is 0 Å². The molecule has 120 valence electrons. The Labute approximate surface area is 136 Å².